The van der Waals surface area contributed by atoms with E-state index < -0.39 is 109 Å². The van der Waals surface area contributed by atoms with Crippen LogP contribution >= 0.6 is 0 Å². The van der Waals surface area contributed by atoms with Gasteiger partial charge in [0.1, 0.15) is 0 Å². The van der Waals surface area contributed by atoms with Gasteiger partial charge in [-0.3, -0.25) is 0 Å². The molecule has 0 saturated heterocycles. The molecule has 20 aromatic rings. The van der Waals surface area contributed by atoms with E-state index in [2.05, 4.69) is 247 Å². The second-order valence-electron chi connectivity index (χ2n) is 35.2. The van der Waals surface area contributed by atoms with Crippen molar-refractivity contribution in [2.24, 2.45) is 0 Å². The quantitative estimate of drug-likeness (QED) is 0.0898. The van der Waals surface area contributed by atoms with E-state index in [0.29, 0.717) is 50.5 Å². The molecule has 3 aromatic heterocycles. The van der Waals surface area contributed by atoms with Crippen LogP contribution in [0.5, 0.6) is 0 Å². The Morgan fingerprint density at radius 3 is 1.12 bits per heavy atom. The average molecular weight is 1570 g/mol. The highest BCUT2D eigenvalue weighted by atomic mass is 15.2. The van der Waals surface area contributed by atoms with Gasteiger partial charge in [0, 0.05) is 89.2 Å². The van der Waals surface area contributed by atoms with Gasteiger partial charge in [-0.2, -0.15) is 0 Å². The van der Waals surface area contributed by atoms with Crippen molar-refractivity contribution in [3.63, 3.8) is 0 Å². The SMILES string of the molecule is [2H]c1c([2H])c([2H])c(C(c2ccccc2)c2ccc3c(c2)c2c([2H])c([2H])c([2H])c([2H])c2n3-c2cc3c4c(c2)N(c2c(-c5ccccc5)cc(C(C)(C)C)cc2-c2ccccc2)c2cc(-n5c6ccc(C(C)(C)C)cc6c6cc(C(C)(C)C)ccc65)ccc2B4c2ccc(-n4c5c([2H])c([2H])c([2H])c([2H])c5c5c([2H])c([2H])c([2H])c([2H])c54)cc2N3c2cc(-c3ccccc3)cc(-c3ccccc3)c2)c([2H])c1[2H]. The second-order valence-corrected chi connectivity index (χ2v) is 35.2. The summed E-state index contributed by atoms with van der Waals surface area (Å²) in [6, 6.07) is 89.2. The molecule has 121 heavy (non-hydrogen) atoms. The topological polar surface area (TPSA) is 21.3 Å². The van der Waals surface area contributed by atoms with Gasteiger partial charge < -0.3 is 23.5 Å². The molecule has 1 atom stereocenters. The molecular formula is C115H92BN5. The third-order valence-corrected chi connectivity index (χ3v) is 24.8. The molecule has 580 valence electrons. The van der Waals surface area contributed by atoms with E-state index in [0.717, 1.165) is 105 Å². The van der Waals surface area contributed by atoms with E-state index in [-0.39, 0.29) is 66.9 Å². The van der Waals surface area contributed by atoms with Crippen molar-refractivity contribution in [2.75, 3.05) is 9.80 Å². The van der Waals surface area contributed by atoms with Crippen LogP contribution in [-0.2, 0) is 16.2 Å². The van der Waals surface area contributed by atoms with Crippen LogP contribution in [0.25, 0.3) is 127 Å². The zero-order valence-electron chi connectivity index (χ0n) is 85.5. The van der Waals surface area contributed by atoms with Crippen LogP contribution in [0, 0.1) is 0 Å². The van der Waals surface area contributed by atoms with Crippen molar-refractivity contribution in [1.82, 2.24) is 13.7 Å². The Hall–Kier alpha value is -14.2. The number of rotatable bonds is 12. The molecule has 2 aliphatic heterocycles. The summed E-state index contributed by atoms with van der Waals surface area (Å²) in [6.07, 6.45) is 0. The molecule has 5 heterocycles. The summed E-state index contributed by atoms with van der Waals surface area (Å²) in [5.41, 5.74) is 20.7. The molecule has 0 fully saturated rings. The molecule has 0 bridgehead atoms. The first-order valence-electron chi connectivity index (χ1n) is 49.9. The first-order valence-corrected chi connectivity index (χ1v) is 41.4. The van der Waals surface area contributed by atoms with Crippen molar-refractivity contribution in [3.05, 3.63) is 421 Å². The van der Waals surface area contributed by atoms with Gasteiger partial charge in [0.25, 0.3) is 6.71 Å². The number of nitrogens with zero attached hydrogens (tertiary/aromatic N) is 5. The molecular weight excluding hydrogens is 1460 g/mol. The summed E-state index contributed by atoms with van der Waals surface area (Å²) in [7, 11) is 0. The van der Waals surface area contributed by atoms with Crippen LogP contribution in [-0.4, -0.2) is 20.4 Å². The van der Waals surface area contributed by atoms with Gasteiger partial charge in [-0.1, -0.05) is 329 Å². The van der Waals surface area contributed by atoms with Crippen LogP contribution in [0.1, 0.15) is 125 Å². The van der Waals surface area contributed by atoms with E-state index in [4.69, 9.17) is 4.11 Å². The van der Waals surface area contributed by atoms with Crippen molar-refractivity contribution in [1.29, 1.82) is 0 Å². The standard InChI is InChI=1S/C115H92BN5/c1-113(2,3)83-53-60-104-96(66-83)97-67-84(114(4,5)6)54-61-105(97)118(104)87-56-58-99-107(71-87)121(112-93(76-38-20-12-21-39-76)68-85(115(7,8)9)69-94(112)77-40-22-13-23-41-77)109-73-89(119-102-51-33-30-48-92(102)95-65-80(52-59-103(95)119)110(78-42-24-14-25-43-78)79-44-26-15-27-45-79)72-108-111(109)116(99)98-57-55-86(117-100-49-31-28-46-90(100)91-47-29-32-50-101(91)117)70-106(98)120(108)88-63-81(74-34-16-10-17-35-74)62-82(64-88)75-36-18-11-19-37-75/h10-73,110H,1-9H3/i14D,24D,25D,28D,29D,30D,31D,32D,33D,42D,43D,46D,47D,48D,49D,50D,51D. The minimum Gasteiger partial charge on any atom is -0.311 e. The number of benzene rings is 17. The largest absolute Gasteiger partial charge is 0.311 e. The number of para-hydroxylation sites is 3. The highest BCUT2D eigenvalue weighted by Crippen LogP contribution is 2.55. The third kappa shape index (κ3) is 12.2. The summed E-state index contributed by atoms with van der Waals surface area (Å²) < 4.78 is 170. The Bertz CT molecular complexity index is 8320. The fourth-order valence-corrected chi connectivity index (χ4v) is 18.9. The summed E-state index contributed by atoms with van der Waals surface area (Å²) in [5, 5.41) is 2.48. The maximum atomic E-state index is 10.6. The lowest BCUT2D eigenvalue weighted by atomic mass is 9.33. The lowest BCUT2D eigenvalue weighted by molar-refractivity contribution is 0.590. The lowest BCUT2D eigenvalue weighted by Crippen LogP contribution is -2.61. The third-order valence-electron chi connectivity index (χ3n) is 24.8. The Kier molecular flexibility index (Phi) is 13.3. The van der Waals surface area contributed by atoms with E-state index in [1.807, 2.05) is 120 Å². The second kappa shape index (κ2) is 28.3. The average Bonchev–Trinajstić information content (AvgIpc) is 1.23. The Balaban J connectivity index is 0.958. The fourth-order valence-electron chi connectivity index (χ4n) is 18.9. The molecule has 22 rings (SSSR count). The maximum Gasteiger partial charge on any atom is 0.252 e. The minimum absolute atomic E-state index is 0.00841. The van der Waals surface area contributed by atoms with Gasteiger partial charge in [0.2, 0.25) is 0 Å². The number of aromatic nitrogens is 3. The zero-order valence-corrected chi connectivity index (χ0v) is 68.5. The molecule has 1 unspecified atom stereocenters. The fraction of sp³-hybridized carbons (Fsp3) is 0.113. The summed E-state index contributed by atoms with van der Waals surface area (Å²) in [5.74, 6) is -1.03. The normalized spacial score (nSPS) is 15.0. The molecule has 17 aromatic carbocycles. The number of hydrogen-bond acceptors (Lipinski definition) is 2. The summed E-state index contributed by atoms with van der Waals surface area (Å²) >= 11 is 0. The smallest absolute Gasteiger partial charge is 0.252 e. The molecule has 0 amide bonds. The van der Waals surface area contributed by atoms with Gasteiger partial charge in [-0.05, 0) is 221 Å². The number of hydrogen-bond donors (Lipinski definition) is 0. The number of anilines is 6. The molecule has 5 nitrogen and oxygen atoms in total. The Morgan fingerprint density at radius 2 is 0.645 bits per heavy atom. The van der Waals surface area contributed by atoms with Gasteiger partial charge in [0.05, 0.1) is 67.8 Å². The van der Waals surface area contributed by atoms with Crippen molar-refractivity contribution >= 4 is 123 Å². The Labute approximate surface area is 732 Å². The van der Waals surface area contributed by atoms with Crippen molar-refractivity contribution in [3.8, 4) is 61.6 Å². The van der Waals surface area contributed by atoms with Crippen LogP contribution in [0.15, 0.2) is 388 Å². The molecule has 6 heteroatoms. The van der Waals surface area contributed by atoms with Gasteiger partial charge in [0.15, 0.2) is 0 Å². The van der Waals surface area contributed by atoms with Crippen LogP contribution < -0.4 is 26.2 Å². The zero-order chi connectivity index (χ0) is 96.5. The predicted octanol–water partition coefficient (Wildman–Crippen LogP) is 28.8. The highest BCUT2D eigenvalue weighted by Gasteiger charge is 2.46. The van der Waals surface area contributed by atoms with E-state index in [1.54, 1.807) is 4.57 Å². The predicted molar refractivity (Wildman–Crippen MR) is 515 cm³/mol. The minimum atomic E-state index is -1.03. The van der Waals surface area contributed by atoms with E-state index in [9.17, 15) is 19.2 Å². The van der Waals surface area contributed by atoms with Crippen LogP contribution in [0.2, 0.25) is 0 Å². The van der Waals surface area contributed by atoms with Crippen molar-refractivity contribution in [2.45, 2.75) is 84.5 Å². The molecule has 0 radical (unpaired) electrons. The maximum absolute atomic E-state index is 10.6. The monoisotopic (exact) mass is 1570 g/mol. The molecule has 0 N–H and O–H groups in total. The van der Waals surface area contributed by atoms with Gasteiger partial charge in [-0.25, -0.2) is 0 Å². The molecule has 0 aliphatic carbocycles. The number of fused-ring (bicyclic) bond motifs is 13. The van der Waals surface area contributed by atoms with Gasteiger partial charge in [-0.15, -0.1) is 0 Å². The first-order chi connectivity index (χ1) is 66.0. The van der Waals surface area contributed by atoms with Crippen molar-refractivity contribution < 1.29 is 23.3 Å². The van der Waals surface area contributed by atoms with E-state index in [1.165, 1.54) is 11.1 Å². The Morgan fingerprint density at radius 1 is 0.256 bits per heavy atom. The molecule has 2 aliphatic rings. The van der Waals surface area contributed by atoms with E-state index >= 15 is 0 Å². The molecule has 0 saturated carbocycles. The summed E-state index contributed by atoms with van der Waals surface area (Å²) in [4.78, 5) is 4.64. The summed E-state index contributed by atoms with van der Waals surface area (Å²) in [6.45, 7) is 19.3. The lowest BCUT2D eigenvalue weighted by Gasteiger charge is -2.45. The molecule has 0 spiro atoms. The highest BCUT2D eigenvalue weighted by molar-refractivity contribution is 7.00. The van der Waals surface area contributed by atoms with Gasteiger partial charge >= 0.3 is 0 Å². The van der Waals surface area contributed by atoms with Crippen LogP contribution in [0.4, 0.5) is 34.1 Å². The van der Waals surface area contributed by atoms with Crippen LogP contribution in [0.3, 0.4) is 0 Å². The first kappa shape index (κ1) is 57.0.